The molecule has 0 saturated carbocycles. The summed E-state index contributed by atoms with van der Waals surface area (Å²) in [4.78, 5) is 26.0. The molecule has 0 radical (unpaired) electrons. The monoisotopic (exact) mass is 263 g/mol. The van der Waals surface area contributed by atoms with E-state index in [9.17, 15) is 14.7 Å². The first kappa shape index (κ1) is 16.7. The fourth-order valence-corrected chi connectivity index (χ4v) is 1.19. The summed E-state index contributed by atoms with van der Waals surface area (Å²) in [5, 5.41) is 9.88. The van der Waals surface area contributed by atoms with Gasteiger partial charge in [-0.3, -0.25) is 9.78 Å². The SMILES string of the molecule is CCOC(=O)C(=O)C=C(O)c1cncc(Cl)c1.[H-].[Li+]. The smallest absolute Gasteiger partial charge is 1.00 e. The summed E-state index contributed by atoms with van der Waals surface area (Å²) in [6, 6.07) is 1.42. The Kier molecular flexibility index (Phi) is 7.37. The molecule has 0 bridgehead atoms. The maximum Gasteiger partial charge on any atom is 1.00 e. The average Bonchev–Trinajstić information content (AvgIpc) is 2.29. The van der Waals surface area contributed by atoms with Crippen LogP contribution in [0.25, 0.3) is 5.76 Å². The van der Waals surface area contributed by atoms with Crippen LogP contribution in [0.4, 0.5) is 0 Å². The minimum atomic E-state index is -1.02. The summed E-state index contributed by atoms with van der Waals surface area (Å²) in [7, 11) is 0. The average molecular weight is 264 g/mol. The maximum absolute atomic E-state index is 11.2. The molecule has 0 aliphatic rings. The van der Waals surface area contributed by atoms with Crippen LogP contribution in [0.1, 0.15) is 13.9 Å². The van der Waals surface area contributed by atoms with Gasteiger partial charge >= 0.3 is 24.8 Å². The third kappa shape index (κ3) is 4.92. The molecule has 5 nitrogen and oxygen atoms in total. The van der Waals surface area contributed by atoms with Crippen molar-refractivity contribution >= 4 is 29.1 Å². The van der Waals surface area contributed by atoms with Gasteiger partial charge in [-0.05, 0) is 13.0 Å². The van der Waals surface area contributed by atoms with Crippen molar-refractivity contribution in [2.45, 2.75) is 6.92 Å². The van der Waals surface area contributed by atoms with Gasteiger partial charge in [0.2, 0.25) is 0 Å². The molecule has 0 aliphatic heterocycles. The molecule has 0 aliphatic carbocycles. The molecule has 0 fully saturated rings. The number of carbonyl (C=O) groups excluding carboxylic acids is 2. The number of pyridine rings is 1. The van der Waals surface area contributed by atoms with Crippen LogP contribution in [0, 0.1) is 0 Å². The molecule has 1 heterocycles. The molecule has 0 amide bonds. The number of ether oxygens (including phenoxy) is 1. The summed E-state index contributed by atoms with van der Waals surface area (Å²) in [5.74, 6) is -2.35. The fourth-order valence-electron chi connectivity index (χ4n) is 1.02. The number of ketones is 1. The van der Waals surface area contributed by atoms with Crippen molar-refractivity contribution in [1.82, 2.24) is 4.98 Å². The summed E-state index contributed by atoms with van der Waals surface area (Å²) in [5.41, 5.74) is 0.246. The number of esters is 1. The minimum Gasteiger partial charge on any atom is -1.00 e. The molecule has 0 aromatic carbocycles. The second-order valence-electron chi connectivity index (χ2n) is 3.01. The van der Waals surface area contributed by atoms with Crippen LogP contribution in [0.5, 0.6) is 0 Å². The molecule has 18 heavy (non-hydrogen) atoms. The van der Waals surface area contributed by atoms with Crippen molar-refractivity contribution in [3.8, 4) is 0 Å². The summed E-state index contributed by atoms with van der Waals surface area (Å²) >= 11 is 5.66. The molecule has 1 aromatic heterocycles. The predicted molar refractivity (Wildman–Crippen MR) is 62.6 cm³/mol. The third-order valence-electron chi connectivity index (χ3n) is 1.75. The van der Waals surface area contributed by atoms with E-state index in [1.165, 1.54) is 18.5 Å². The van der Waals surface area contributed by atoms with Crippen LogP contribution in [0.3, 0.4) is 0 Å². The molecular formula is C11H11ClLiNO4. The topological polar surface area (TPSA) is 76.5 Å². The second kappa shape index (κ2) is 7.93. The Morgan fingerprint density at radius 3 is 2.78 bits per heavy atom. The molecule has 1 rings (SSSR count). The first-order chi connectivity index (χ1) is 8.04. The van der Waals surface area contributed by atoms with Crippen molar-refractivity contribution in [3.63, 3.8) is 0 Å². The maximum atomic E-state index is 11.2. The Balaban J connectivity index is 0. The van der Waals surface area contributed by atoms with Crippen molar-refractivity contribution < 1.29 is 39.7 Å². The Hall–Kier alpha value is -1.28. The summed E-state index contributed by atoms with van der Waals surface area (Å²) < 4.78 is 4.48. The second-order valence-corrected chi connectivity index (χ2v) is 3.44. The number of aliphatic hydroxyl groups is 1. The van der Waals surface area contributed by atoms with Crippen LogP contribution in [0.2, 0.25) is 5.02 Å². The molecule has 92 valence electrons. The zero-order valence-corrected chi connectivity index (χ0v) is 10.8. The molecule has 0 unspecified atom stereocenters. The first-order valence-corrected chi connectivity index (χ1v) is 5.15. The predicted octanol–water partition coefficient (Wildman–Crippen LogP) is -1.12. The van der Waals surface area contributed by atoms with E-state index in [1.807, 2.05) is 0 Å². The molecule has 0 saturated heterocycles. The van der Waals surface area contributed by atoms with Crippen molar-refractivity contribution in [1.29, 1.82) is 0 Å². The van der Waals surface area contributed by atoms with Gasteiger partial charge in [0.15, 0.2) is 0 Å². The molecule has 1 aromatic rings. The van der Waals surface area contributed by atoms with Gasteiger partial charge in [-0.25, -0.2) is 4.79 Å². The van der Waals surface area contributed by atoms with E-state index in [2.05, 4.69) is 9.72 Å². The third-order valence-corrected chi connectivity index (χ3v) is 1.95. The van der Waals surface area contributed by atoms with E-state index >= 15 is 0 Å². The number of halogens is 1. The van der Waals surface area contributed by atoms with Gasteiger partial charge in [-0.2, -0.15) is 0 Å². The summed E-state index contributed by atoms with van der Waals surface area (Å²) in [6.07, 6.45) is 3.47. The number of aliphatic hydroxyl groups excluding tert-OH is 1. The minimum absolute atomic E-state index is 0. The zero-order valence-electron chi connectivity index (χ0n) is 11.0. The Morgan fingerprint density at radius 1 is 1.56 bits per heavy atom. The normalized spacial score (nSPS) is 10.4. The van der Waals surface area contributed by atoms with E-state index in [0.29, 0.717) is 5.02 Å². The Morgan fingerprint density at radius 2 is 2.22 bits per heavy atom. The molecule has 0 spiro atoms. The molecule has 1 N–H and O–H groups in total. The largest absolute Gasteiger partial charge is 1.00 e. The number of nitrogens with zero attached hydrogens (tertiary/aromatic N) is 1. The van der Waals surface area contributed by atoms with Crippen LogP contribution >= 0.6 is 11.6 Å². The standard InChI is InChI=1S/C11H10ClNO4.Li.H/c1-2-17-11(16)10(15)4-9(14)7-3-8(12)6-13-5-7;;/h3-6,14H,2H2,1H3;;/q;+1;-1. The van der Waals surface area contributed by atoms with Gasteiger partial charge in [0.05, 0.1) is 11.6 Å². The van der Waals surface area contributed by atoms with Crippen LogP contribution in [-0.4, -0.2) is 28.4 Å². The van der Waals surface area contributed by atoms with Gasteiger partial charge in [0.25, 0.3) is 5.78 Å². The zero-order chi connectivity index (χ0) is 12.8. The van der Waals surface area contributed by atoms with Crippen molar-refractivity contribution in [2.75, 3.05) is 6.61 Å². The van der Waals surface area contributed by atoms with Gasteiger partial charge in [0, 0.05) is 24.0 Å². The van der Waals surface area contributed by atoms with Gasteiger partial charge in [-0.1, -0.05) is 11.6 Å². The quantitative estimate of drug-likeness (QED) is 0.245. The Bertz CT molecular complexity index is 482. The van der Waals surface area contributed by atoms with Crippen molar-refractivity contribution in [3.05, 3.63) is 35.1 Å². The number of carbonyl (C=O) groups is 2. The van der Waals surface area contributed by atoms with Crippen LogP contribution < -0.4 is 18.9 Å². The number of hydrogen-bond donors (Lipinski definition) is 1. The van der Waals surface area contributed by atoms with Crippen molar-refractivity contribution in [2.24, 2.45) is 0 Å². The Labute approximate surface area is 122 Å². The van der Waals surface area contributed by atoms with Crippen LogP contribution in [-0.2, 0) is 14.3 Å². The summed E-state index contributed by atoms with van der Waals surface area (Å²) in [6.45, 7) is 1.67. The van der Waals surface area contributed by atoms with Gasteiger partial charge < -0.3 is 11.3 Å². The molecule has 0 atom stereocenters. The van der Waals surface area contributed by atoms with Gasteiger partial charge in [-0.15, -0.1) is 0 Å². The number of hydrogen-bond acceptors (Lipinski definition) is 5. The van der Waals surface area contributed by atoms with E-state index in [4.69, 9.17) is 11.6 Å². The number of rotatable bonds is 4. The van der Waals surface area contributed by atoms with E-state index in [1.54, 1.807) is 6.92 Å². The van der Waals surface area contributed by atoms with Gasteiger partial charge in [0.1, 0.15) is 5.76 Å². The molecular weight excluding hydrogens is 253 g/mol. The first-order valence-electron chi connectivity index (χ1n) is 4.77. The van der Waals surface area contributed by atoms with E-state index in [-0.39, 0.29) is 32.5 Å². The van der Waals surface area contributed by atoms with Crippen LogP contribution in [0.15, 0.2) is 24.5 Å². The number of aromatic nitrogens is 1. The van der Waals surface area contributed by atoms with E-state index < -0.39 is 17.5 Å². The fraction of sp³-hybridized carbons (Fsp3) is 0.182. The van der Waals surface area contributed by atoms with E-state index in [0.717, 1.165) is 6.08 Å². The molecule has 7 heteroatoms.